The summed E-state index contributed by atoms with van der Waals surface area (Å²) >= 11 is 0. The van der Waals surface area contributed by atoms with Crippen molar-refractivity contribution in [3.05, 3.63) is 32.6 Å². The maximum Gasteiger partial charge on any atom is 0.330 e. The van der Waals surface area contributed by atoms with Gasteiger partial charge in [-0.15, -0.1) is 0 Å². The Kier molecular flexibility index (Phi) is 2.79. The summed E-state index contributed by atoms with van der Waals surface area (Å²) in [6.07, 6.45) is -0.517. The molecule has 0 radical (unpaired) electrons. The largest absolute Gasteiger partial charge is 0.394 e. The van der Waals surface area contributed by atoms with Crippen molar-refractivity contribution in [1.82, 2.24) is 9.55 Å². The van der Waals surface area contributed by atoms with E-state index in [-0.39, 0.29) is 13.0 Å². The lowest BCUT2D eigenvalue weighted by Gasteiger charge is -2.14. The van der Waals surface area contributed by atoms with E-state index in [0.717, 1.165) is 0 Å². The number of aliphatic hydroxyl groups excluding tert-OH is 2. The molecule has 1 saturated heterocycles. The van der Waals surface area contributed by atoms with Crippen molar-refractivity contribution in [1.29, 1.82) is 1.43 Å². The molecular formula is C10H14N2O5. The molecule has 1 aromatic rings. The number of nitrogens with one attached hydrogen (secondary N) is 1. The molecule has 1 aliphatic rings. The summed E-state index contributed by atoms with van der Waals surface area (Å²) in [7, 11) is 0. The molecule has 0 spiro atoms. The van der Waals surface area contributed by atoms with E-state index in [4.69, 9.17) is 6.17 Å². The number of aromatic nitrogens is 2. The second kappa shape index (κ2) is 4.44. The van der Waals surface area contributed by atoms with Crippen LogP contribution < -0.4 is 11.2 Å². The van der Waals surface area contributed by atoms with Crippen LogP contribution in [-0.2, 0) is 4.74 Å². The first-order chi connectivity index (χ1) is 8.52. The van der Waals surface area contributed by atoms with Gasteiger partial charge in [-0.2, -0.15) is 0 Å². The van der Waals surface area contributed by atoms with Crippen molar-refractivity contribution in [2.75, 3.05) is 6.61 Å². The Morgan fingerprint density at radius 3 is 3.18 bits per heavy atom. The minimum absolute atomic E-state index is 0.0747. The standard InChI is InChI=1S/C10H14N2O5/c1-5-3-12(10(16)11-9(5)15)8-2-6(14)7(4-13)17-8/h3,6-8,13-14H,2,4H2,1H3,(H,11,15,16)/t6-,7-,8-/m1/s1/i13D. The summed E-state index contributed by atoms with van der Waals surface area (Å²) < 4.78 is 13.3. The molecule has 0 saturated carbocycles. The van der Waals surface area contributed by atoms with Crippen LogP contribution >= 0.6 is 0 Å². The molecule has 7 nitrogen and oxygen atoms in total. The van der Waals surface area contributed by atoms with Gasteiger partial charge in [0.15, 0.2) is 0 Å². The first-order valence-corrected chi connectivity index (χ1v) is 5.26. The van der Waals surface area contributed by atoms with Crippen LogP contribution in [0, 0.1) is 6.92 Å². The van der Waals surface area contributed by atoms with Crippen molar-refractivity contribution >= 4 is 0 Å². The average Bonchev–Trinajstić information content (AvgIpc) is 2.66. The first-order valence-electron chi connectivity index (χ1n) is 5.67. The summed E-state index contributed by atoms with van der Waals surface area (Å²) in [5.74, 6) is 0. The number of hydrogen-bond donors (Lipinski definition) is 3. The predicted molar refractivity (Wildman–Crippen MR) is 57.7 cm³/mol. The maximum atomic E-state index is 11.6. The zero-order chi connectivity index (χ0) is 13.3. The summed E-state index contributed by atoms with van der Waals surface area (Å²) in [5.41, 5.74) is -0.649. The van der Waals surface area contributed by atoms with Crippen LogP contribution in [0.15, 0.2) is 15.8 Å². The van der Waals surface area contributed by atoms with Crippen molar-refractivity contribution < 1.29 is 15.0 Å². The molecule has 0 aliphatic carbocycles. The Morgan fingerprint density at radius 1 is 1.71 bits per heavy atom. The normalized spacial score (nSPS) is 29.3. The molecule has 1 aliphatic heterocycles. The molecule has 1 aromatic heterocycles. The molecule has 17 heavy (non-hydrogen) atoms. The zero-order valence-corrected chi connectivity index (χ0v) is 9.25. The molecule has 2 rings (SSSR count). The van der Waals surface area contributed by atoms with E-state index in [1.807, 2.05) is 0 Å². The Bertz CT molecular complexity index is 540. The lowest BCUT2D eigenvalue weighted by Crippen LogP contribution is -2.33. The number of aliphatic hydroxyl groups is 2. The lowest BCUT2D eigenvalue weighted by molar-refractivity contribution is -0.0459. The van der Waals surface area contributed by atoms with Crippen LogP contribution in [0.1, 0.15) is 18.2 Å². The van der Waals surface area contributed by atoms with E-state index < -0.39 is 29.7 Å². The van der Waals surface area contributed by atoms with E-state index in [0.29, 0.717) is 5.56 Å². The van der Waals surface area contributed by atoms with Gasteiger partial charge in [0.1, 0.15) is 12.3 Å². The predicted octanol–water partition coefficient (Wildman–Crippen LogP) is -1.51. The molecule has 94 valence electrons. The molecule has 1 fully saturated rings. The Morgan fingerprint density at radius 2 is 2.47 bits per heavy atom. The zero-order valence-electron chi connectivity index (χ0n) is 10.3. The molecular weight excluding hydrogens is 228 g/mol. The smallest absolute Gasteiger partial charge is 0.330 e. The van der Waals surface area contributed by atoms with E-state index in [1.165, 1.54) is 10.8 Å². The minimum Gasteiger partial charge on any atom is -0.394 e. The van der Waals surface area contributed by atoms with Crippen LogP contribution in [0.25, 0.3) is 0 Å². The number of H-pyrrole nitrogens is 1. The van der Waals surface area contributed by atoms with Gasteiger partial charge >= 0.3 is 5.69 Å². The van der Waals surface area contributed by atoms with E-state index in [2.05, 4.69) is 10.1 Å². The quantitative estimate of drug-likeness (QED) is 0.598. The monoisotopic (exact) mass is 243 g/mol. The summed E-state index contributed by atoms with van der Waals surface area (Å²) in [5, 5.41) is 13.9. The summed E-state index contributed by atoms with van der Waals surface area (Å²) in [6, 6.07) is 0. The van der Waals surface area contributed by atoms with E-state index >= 15 is 0 Å². The highest BCUT2D eigenvalue weighted by molar-refractivity contribution is 5.02. The van der Waals surface area contributed by atoms with Gasteiger partial charge in [-0.05, 0) is 6.92 Å². The molecule has 0 unspecified atom stereocenters. The van der Waals surface area contributed by atoms with Crippen LogP contribution in [0.3, 0.4) is 0 Å². The van der Waals surface area contributed by atoms with Crippen LogP contribution in [-0.4, -0.2) is 40.0 Å². The average molecular weight is 243 g/mol. The minimum atomic E-state index is -0.806. The van der Waals surface area contributed by atoms with Crippen LogP contribution in [0.5, 0.6) is 0 Å². The van der Waals surface area contributed by atoms with Gasteiger partial charge in [-0.3, -0.25) is 14.3 Å². The molecule has 3 atom stereocenters. The number of hydrogen-bond acceptors (Lipinski definition) is 5. The third-order valence-electron chi connectivity index (χ3n) is 2.82. The van der Waals surface area contributed by atoms with Crippen molar-refractivity contribution in [2.45, 2.75) is 31.8 Å². The topological polar surface area (TPSA) is 105 Å². The van der Waals surface area contributed by atoms with Gasteiger partial charge in [0, 0.05) is 18.2 Å². The third kappa shape index (κ3) is 2.17. The second-order valence-electron chi connectivity index (χ2n) is 4.08. The van der Waals surface area contributed by atoms with Crippen LogP contribution in [0.2, 0.25) is 0 Å². The highest BCUT2D eigenvalue weighted by Crippen LogP contribution is 2.27. The van der Waals surface area contributed by atoms with Gasteiger partial charge < -0.3 is 15.0 Å². The molecule has 0 amide bonds. The fourth-order valence-corrected chi connectivity index (χ4v) is 1.84. The molecule has 3 N–H and O–H groups in total. The molecule has 0 aromatic carbocycles. The van der Waals surface area contributed by atoms with Gasteiger partial charge in [0.05, 0.1) is 12.7 Å². The lowest BCUT2D eigenvalue weighted by atomic mass is 10.2. The molecule has 7 heteroatoms. The second-order valence-corrected chi connectivity index (χ2v) is 4.08. The first kappa shape index (κ1) is 10.7. The number of rotatable bonds is 3. The third-order valence-corrected chi connectivity index (χ3v) is 2.82. The fraction of sp³-hybridized carbons (Fsp3) is 0.600. The summed E-state index contributed by atoms with van der Waals surface area (Å²) in [6.45, 7) is 1.50. The highest BCUT2D eigenvalue weighted by Gasteiger charge is 2.34. The van der Waals surface area contributed by atoms with Crippen molar-refractivity contribution in [3.63, 3.8) is 0 Å². The Labute approximate surface area is 97.8 Å². The number of aromatic amines is 1. The molecule has 2 heterocycles. The SMILES string of the molecule is [2H]OC[C@H]1O[C@@H](n2cc(C)c(=O)[nH]c2=O)C[C@H]1O. The highest BCUT2D eigenvalue weighted by atomic mass is 16.5. The summed E-state index contributed by atoms with van der Waals surface area (Å²) in [4.78, 5) is 25.0. The van der Waals surface area contributed by atoms with Gasteiger partial charge in [-0.25, -0.2) is 4.79 Å². The fourth-order valence-electron chi connectivity index (χ4n) is 1.84. The molecule has 0 bridgehead atoms. The van der Waals surface area contributed by atoms with Gasteiger partial charge in [0.2, 0.25) is 1.43 Å². The Balaban J connectivity index is 2.26. The van der Waals surface area contributed by atoms with E-state index in [1.54, 1.807) is 6.92 Å². The van der Waals surface area contributed by atoms with Crippen molar-refractivity contribution in [2.24, 2.45) is 0 Å². The number of ether oxygens (including phenoxy) is 1. The van der Waals surface area contributed by atoms with Crippen LogP contribution in [0.4, 0.5) is 0 Å². The van der Waals surface area contributed by atoms with Gasteiger partial charge in [-0.1, -0.05) is 0 Å². The maximum absolute atomic E-state index is 11.6. The van der Waals surface area contributed by atoms with Crippen molar-refractivity contribution in [3.8, 4) is 0 Å². The number of nitrogens with zero attached hydrogens (tertiary/aromatic N) is 1. The number of aryl methyl sites for hydroxylation is 1. The Hall–Kier alpha value is -1.44. The van der Waals surface area contributed by atoms with Gasteiger partial charge in [0.25, 0.3) is 5.56 Å². The van der Waals surface area contributed by atoms with E-state index in [9.17, 15) is 14.7 Å².